The molecule has 4 rings (SSSR count). The minimum absolute atomic E-state index is 0.0163. The van der Waals surface area contributed by atoms with Gasteiger partial charge in [-0.25, -0.2) is 4.98 Å². The molecule has 0 saturated carbocycles. The molecule has 0 saturated heterocycles. The minimum atomic E-state index is -0.399. The molecule has 1 aliphatic heterocycles. The Bertz CT molecular complexity index is 949. The number of nitrogens with one attached hydrogen (secondary N) is 1. The second-order valence-electron chi connectivity index (χ2n) is 5.88. The Hall–Kier alpha value is -3.03. The number of rotatable bonds is 4. The maximum absolute atomic E-state index is 11.2. The molecule has 0 spiro atoms. The van der Waals surface area contributed by atoms with E-state index in [0.29, 0.717) is 12.1 Å². The molecule has 0 bridgehead atoms. The first kappa shape index (κ1) is 14.6. The quantitative estimate of drug-likeness (QED) is 0.585. The number of para-hydroxylation sites is 1. The molecule has 1 aromatic carbocycles. The van der Waals surface area contributed by atoms with Gasteiger partial charge in [0.1, 0.15) is 5.82 Å². The number of hydrogen-bond acceptors (Lipinski definition) is 6. The lowest BCUT2D eigenvalue weighted by Crippen LogP contribution is -2.08. The summed E-state index contributed by atoms with van der Waals surface area (Å²) in [5, 5.41) is 23.7. The van der Waals surface area contributed by atoms with Crippen molar-refractivity contribution in [2.24, 2.45) is 0 Å². The van der Waals surface area contributed by atoms with E-state index in [1.54, 1.807) is 6.07 Å². The standard InChI is InChI=1S/C16H16N6O2/c1-10-8-12(11-4-2-5-13(22(23)24)16(11)18-10)17-9-15-20-19-14-6-3-7-21(14)15/h2,4-5,8H,3,6-7,9H2,1H3,(H,17,18). The summed E-state index contributed by atoms with van der Waals surface area (Å²) in [6.07, 6.45) is 2.07. The van der Waals surface area contributed by atoms with Gasteiger partial charge in [-0.05, 0) is 19.4 Å². The van der Waals surface area contributed by atoms with Crippen LogP contribution in [0.1, 0.15) is 23.8 Å². The number of fused-ring (bicyclic) bond motifs is 2. The lowest BCUT2D eigenvalue weighted by atomic mass is 10.1. The van der Waals surface area contributed by atoms with Crippen LogP contribution in [-0.2, 0) is 19.5 Å². The van der Waals surface area contributed by atoms with Gasteiger partial charge < -0.3 is 9.88 Å². The molecule has 1 aliphatic rings. The molecule has 0 unspecified atom stereocenters. The van der Waals surface area contributed by atoms with Gasteiger partial charge in [-0.2, -0.15) is 0 Å². The Labute approximate surface area is 137 Å². The van der Waals surface area contributed by atoms with Crippen molar-refractivity contribution >= 4 is 22.3 Å². The number of anilines is 1. The summed E-state index contributed by atoms with van der Waals surface area (Å²) in [7, 11) is 0. The summed E-state index contributed by atoms with van der Waals surface area (Å²) < 4.78 is 2.13. The first-order valence-electron chi connectivity index (χ1n) is 7.83. The predicted molar refractivity (Wildman–Crippen MR) is 88.8 cm³/mol. The smallest absolute Gasteiger partial charge is 0.295 e. The number of nitro groups is 1. The van der Waals surface area contributed by atoms with Crippen LogP contribution in [0.2, 0.25) is 0 Å². The van der Waals surface area contributed by atoms with Crippen LogP contribution in [0.25, 0.3) is 10.9 Å². The third-order valence-electron chi connectivity index (χ3n) is 4.27. The average Bonchev–Trinajstić information content (AvgIpc) is 3.15. The van der Waals surface area contributed by atoms with Crippen LogP contribution in [-0.4, -0.2) is 24.7 Å². The highest BCUT2D eigenvalue weighted by atomic mass is 16.6. The number of pyridine rings is 1. The van der Waals surface area contributed by atoms with Gasteiger partial charge in [0, 0.05) is 35.8 Å². The normalized spacial score (nSPS) is 13.2. The molecule has 0 aliphatic carbocycles. The Morgan fingerprint density at radius 1 is 1.38 bits per heavy atom. The first-order valence-corrected chi connectivity index (χ1v) is 7.83. The van der Waals surface area contributed by atoms with Crippen molar-refractivity contribution < 1.29 is 4.92 Å². The molecule has 1 N–H and O–H groups in total. The van der Waals surface area contributed by atoms with E-state index in [4.69, 9.17) is 0 Å². The molecule has 8 heteroatoms. The fourth-order valence-electron chi connectivity index (χ4n) is 3.17. The minimum Gasteiger partial charge on any atom is -0.377 e. The van der Waals surface area contributed by atoms with Crippen LogP contribution < -0.4 is 5.32 Å². The van der Waals surface area contributed by atoms with Crippen molar-refractivity contribution in [3.8, 4) is 0 Å². The second-order valence-corrected chi connectivity index (χ2v) is 5.88. The van der Waals surface area contributed by atoms with Gasteiger partial charge in [-0.3, -0.25) is 10.1 Å². The highest BCUT2D eigenvalue weighted by molar-refractivity contribution is 5.96. The molecule has 122 valence electrons. The molecule has 3 aromatic rings. The summed E-state index contributed by atoms with van der Waals surface area (Å²) in [6, 6.07) is 6.89. The summed E-state index contributed by atoms with van der Waals surface area (Å²) in [5.41, 5.74) is 1.96. The lowest BCUT2D eigenvalue weighted by molar-refractivity contribution is -0.383. The third-order valence-corrected chi connectivity index (χ3v) is 4.27. The van der Waals surface area contributed by atoms with E-state index >= 15 is 0 Å². The van der Waals surface area contributed by atoms with Gasteiger partial charge >= 0.3 is 0 Å². The molecule has 24 heavy (non-hydrogen) atoms. The molecule has 0 amide bonds. The molecule has 2 aromatic heterocycles. The molecular weight excluding hydrogens is 308 g/mol. The Morgan fingerprint density at radius 2 is 2.25 bits per heavy atom. The summed E-state index contributed by atoms with van der Waals surface area (Å²) in [6.45, 7) is 3.30. The number of aromatic nitrogens is 4. The van der Waals surface area contributed by atoms with E-state index in [9.17, 15) is 10.1 Å². The number of benzene rings is 1. The summed E-state index contributed by atoms with van der Waals surface area (Å²) in [5.74, 6) is 1.91. The summed E-state index contributed by atoms with van der Waals surface area (Å²) in [4.78, 5) is 15.2. The van der Waals surface area contributed by atoms with Gasteiger partial charge in [0.05, 0.1) is 11.5 Å². The van der Waals surface area contributed by atoms with E-state index in [1.165, 1.54) is 6.07 Å². The zero-order chi connectivity index (χ0) is 16.7. The number of nitrogens with zero attached hydrogens (tertiary/aromatic N) is 5. The van der Waals surface area contributed by atoms with Crippen LogP contribution >= 0.6 is 0 Å². The van der Waals surface area contributed by atoms with E-state index in [-0.39, 0.29) is 5.69 Å². The van der Waals surface area contributed by atoms with Gasteiger partial charge in [0.15, 0.2) is 11.3 Å². The van der Waals surface area contributed by atoms with Gasteiger partial charge in [0.25, 0.3) is 5.69 Å². The Balaban J connectivity index is 1.71. The monoisotopic (exact) mass is 324 g/mol. The number of hydrogen-bond donors (Lipinski definition) is 1. The van der Waals surface area contributed by atoms with Crippen molar-refractivity contribution in [3.63, 3.8) is 0 Å². The number of aryl methyl sites for hydroxylation is 2. The molecular formula is C16H16N6O2. The molecule has 8 nitrogen and oxygen atoms in total. The van der Waals surface area contributed by atoms with E-state index in [2.05, 4.69) is 25.1 Å². The van der Waals surface area contributed by atoms with Crippen LogP contribution in [0.3, 0.4) is 0 Å². The number of nitro benzene ring substituents is 1. The number of non-ortho nitro benzene ring substituents is 1. The maximum Gasteiger partial charge on any atom is 0.295 e. The molecule has 3 heterocycles. The van der Waals surface area contributed by atoms with E-state index in [0.717, 1.165) is 47.8 Å². The lowest BCUT2D eigenvalue weighted by Gasteiger charge is -2.11. The zero-order valence-corrected chi connectivity index (χ0v) is 13.2. The van der Waals surface area contributed by atoms with Gasteiger partial charge in [-0.15, -0.1) is 10.2 Å². The largest absolute Gasteiger partial charge is 0.377 e. The maximum atomic E-state index is 11.2. The summed E-state index contributed by atoms with van der Waals surface area (Å²) >= 11 is 0. The van der Waals surface area contributed by atoms with Crippen molar-refractivity contribution in [2.45, 2.75) is 32.9 Å². The van der Waals surface area contributed by atoms with Crippen LogP contribution in [0.4, 0.5) is 11.4 Å². The van der Waals surface area contributed by atoms with Crippen LogP contribution in [0, 0.1) is 17.0 Å². The third kappa shape index (κ3) is 2.36. The van der Waals surface area contributed by atoms with Crippen molar-refractivity contribution in [2.75, 3.05) is 5.32 Å². The Morgan fingerprint density at radius 3 is 3.08 bits per heavy atom. The van der Waals surface area contributed by atoms with Crippen LogP contribution in [0.15, 0.2) is 24.3 Å². The molecule has 0 radical (unpaired) electrons. The van der Waals surface area contributed by atoms with Crippen LogP contribution in [0.5, 0.6) is 0 Å². The van der Waals surface area contributed by atoms with Gasteiger partial charge in [-0.1, -0.05) is 12.1 Å². The molecule has 0 atom stereocenters. The van der Waals surface area contributed by atoms with Crippen molar-refractivity contribution in [1.29, 1.82) is 0 Å². The van der Waals surface area contributed by atoms with Crippen molar-refractivity contribution in [1.82, 2.24) is 19.7 Å². The first-order chi connectivity index (χ1) is 11.6. The highest BCUT2D eigenvalue weighted by Gasteiger charge is 2.18. The van der Waals surface area contributed by atoms with E-state index < -0.39 is 4.92 Å². The highest BCUT2D eigenvalue weighted by Crippen LogP contribution is 2.30. The van der Waals surface area contributed by atoms with Gasteiger partial charge in [0.2, 0.25) is 0 Å². The predicted octanol–water partition coefficient (Wildman–Crippen LogP) is 2.60. The molecule has 0 fully saturated rings. The zero-order valence-electron chi connectivity index (χ0n) is 13.2. The van der Waals surface area contributed by atoms with Crippen molar-refractivity contribution in [3.05, 3.63) is 51.7 Å². The SMILES string of the molecule is Cc1cc(NCc2nnc3n2CCC3)c2cccc([N+](=O)[O-])c2n1. The van der Waals surface area contributed by atoms with E-state index in [1.807, 2.05) is 19.1 Å². The Kier molecular flexibility index (Phi) is 3.37. The fourth-order valence-corrected chi connectivity index (χ4v) is 3.17. The average molecular weight is 324 g/mol. The fraction of sp³-hybridized carbons (Fsp3) is 0.312. The topological polar surface area (TPSA) is 98.8 Å². The second kappa shape index (κ2) is 5.55.